The lowest BCUT2D eigenvalue weighted by molar-refractivity contribution is 0.0521. The van der Waals surface area contributed by atoms with E-state index in [0.29, 0.717) is 24.8 Å². The molecular formula is C14H18N4O2. The van der Waals surface area contributed by atoms with Gasteiger partial charge in [0.2, 0.25) is 0 Å². The van der Waals surface area contributed by atoms with Crippen molar-refractivity contribution in [2.24, 2.45) is 0 Å². The number of hydrogen-bond donors (Lipinski definition) is 1. The predicted octanol–water partition coefficient (Wildman–Crippen LogP) is 1.59. The zero-order valence-corrected chi connectivity index (χ0v) is 11.7. The smallest absolute Gasteiger partial charge is 0.360 e. The molecule has 0 amide bonds. The topological polar surface area (TPSA) is 83.0 Å². The van der Waals surface area contributed by atoms with Crippen LogP contribution in [0.25, 0.3) is 0 Å². The minimum absolute atomic E-state index is 0.194. The Kier molecular flexibility index (Phi) is 4.34. The number of pyridine rings is 1. The largest absolute Gasteiger partial charge is 0.461 e. The summed E-state index contributed by atoms with van der Waals surface area (Å²) in [4.78, 5) is 19.9. The molecule has 20 heavy (non-hydrogen) atoms. The number of nitrogens with two attached hydrogens (primary N) is 1. The van der Waals surface area contributed by atoms with E-state index in [0.717, 1.165) is 12.0 Å². The lowest BCUT2D eigenvalue weighted by Gasteiger charge is -2.07. The third-order valence-corrected chi connectivity index (χ3v) is 3.04. The lowest BCUT2D eigenvalue weighted by Crippen LogP contribution is -2.11. The molecule has 0 saturated heterocycles. The van der Waals surface area contributed by atoms with E-state index in [1.165, 1.54) is 0 Å². The summed E-state index contributed by atoms with van der Waals surface area (Å²) in [5.41, 5.74) is 7.34. The van der Waals surface area contributed by atoms with Crippen LogP contribution in [-0.2, 0) is 17.7 Å². The summed E-state index contributed by atoms with van der Waals surface area (Å²) in [6.45, 7) is 4.54. The van der Waals surface area contributed by atoms with Gasteiger partial charge in [0.15, 0.2) is 5.69 Å². The van der Waals surface area contributed by atoms with Gasteiger partial charge in [-0.1, -0.05) is 0 Å². The molecule has 0 bridgehead atoms. The van der Waals surface area contributed by atoms with Gasteiger partial charge in [-0.3, -0.25) is 4.98 Å². The molecular weight excluding hydrogens is 256 g/mol. The number of imidazole rings is 1. The van der Waals surface area contributed by atoms with Gasteiger partial charge in [0.1, 0.15) is 11.6 Å². The first-order valence-electron chi connectivity index (χ1n) is 6.52. The van der Waals surface area contributed by atoms with Crippen molar-refractivity contribution in [3.05, 3.63) is 41.6 Å². The van der Waals surface area contributed by atoms with Gasteiger partial charge in [-0.2, -0.15) is 0 Å². The maximum absolute atomic E-state index is 11.7. The van der Waals surface area contributed by atoms with Crippen LogP contribution < -0.4 is 5.73 Å². The number of hydrogen-bond acceptors (Lipinski definition) is 5. The Balaban J connectivity index is 2.14. The van der Waals surface area contributed by atoms with Crippen molar-refractivity contribution in [3.8, 4) is 0 Å². The Hall–Kier alpha value is -2.37. The van der Waals surface area contributed by atoms with Crippen LogP contribution >= 0.6 is 0 Å². The van der Waals surface area contributed by atoms with Gasteiger partial charge < -0.3 is 15.0 Å². The van der Waals surface area contributed by atoms with Crippen LogP contribution in [-0.4, -0.2) is 27.1 Å². The number of aromatic nitrogens is 3. The van der Waals surface area contributed by atoms with Gasteiger partial charge in [-0.05, 0) is 38.0 Å². The highest BCUT2D eigenvalue weighted by atomic mass is 16.5. The Labute approximate surface area is 117 Å². The average Bonchev–Trinajstić information content (AvgIpc) is 2.73. The number of rotatable bonds is 5. The van der Waals surface area contributed by atoms with Crippen LogP contribution in [0, 0.1) is 6.92 Å². The van der Waals surface area contributed by atoms with Crippen molar-refractivity contribution in [2.45, 2.75) is 26.8 Å². The molecule has 0 aliphatic heterocycles. The lowest BCUT2D eigenvalue weighted by atomic mass is 10.2. The molecule has 0 spiro atoms. The monoisotopic (exact) mass is 274 g/mol. The van der Waals surface area contributed by atoms with Gasteiger partial charge in [0, 0.05) is 18.9 Å². The number of aryl methyl sites for hydroxylation is 2. The normalized spacial score (nSPS) is 10.5. The highest BCUT2D eigenvalue weighted by molar-refractivity contribution is 5.92. The van der Waals surface area contributed by atoms with Crippen LogP contribution in [0.15, 0.2) is 24.5 Å². The molecule has 0 radical (unpaired) electrons. The van der Waals surface area contributed by atoms with Gasteiger partial charge in [0.25, 0.3) is 0 Å². The minimum atomic E-state index is -0.476. The van der Waals surface area contributed by atoms with Crippen LogP contribution in [0.2, 0.25) is 0 Å². The molecule has 2 N–H and O–H groups in total. The van der Waals surface area contributed by atoms with E-state index in [9.17, 15) is 4.79 Å². The average molecular weight is 274 g/mol. The molecule has 106 valence electrons. The fourth-order valence-corrected chi connectivity index (χ4v) is 2.00. The summed E-state index contributed by atoms with van der Waals surface area (Å²) in [5.74, 6) is 0.588. The van der Waals surface area contributed by atoms with Gasteiger partial charge in [-0.15, -0.1) is 0 Å². The molecule has 0 unspecified atom stereocenters. The Morgan fingerprint density at radius 1 is 1.40 bits per heavy atom. The second-order valence-corrected chi connectivity index (χ2v) is 4.37. The second-order valence-electron chi connectivity index (χ2n) is 4.37. The summed E-state index contributed by atoms with van der Waals surface area (Å²) in [7, 11) is 0. The first-order valence-corrected chi connectivity index (χ1v) is 6.52. The molecule has 2 aromatic heterocycles. The van der Waals surface area contributed by atoms with Crippen LogP contribution in [0.5, 0.6) is 0 Å². The van der Waals surface area contributed by atoms with E-state index in [4.69, 9.17) is 10.5 Å². The predicted molar refractivity (Wildman–Crippen MR) is 75.3 cm³/mol. The summed E-state index contributed by atoms with van der Waals surface area (Å²) in [5, 5.41) is 0. The number of esters is 1. The van der Waals surface area contributed by atoms with Crippen molar-refractivity contribution in [2.75, 3.05) is 12.3 Å². The number of ether oxygens (including phenoxy) is 1. The molecule has 0 aliphatic carbocycles. The second kappa shape index (κ2) is 6.18. The van der Waals surface area contributed by atoms with E-state index in [1.807, 2.05) is 23.6 Å². The van der Waals surface area contributed by atoms with Gasteiger partial charge in [0.05, 0.1) is 6.61 Å². The quantitative estimate of drug-likeness (QED) is 0.837. The Morgan fingerprint density at radius 3 is 2.75 bits per heavy atom. The van der Waals surface area contributed by atoms with Crippen LogP contribution in [0.4, 0.5) is 5.82 Å². The SMILES string of the molecule is CCOC(=O)c1nc(C)n(CCc2ccncc2)c1N. The number of nitrogen functional groups attached to an aromatic ring is 1. The maximum Gasteiger partial charge on any atom is 0.360 e. The molecule has 6 heteroatoms. The summed E-state index contributed by atoms with van der Waals surface area (Å²) >= 11 is 0. The maximum atomic E-state index is 11.7. The molecule has 0 saturated carbocycles. The summed E-state index contributed by atoms with van der Waals surface area (Å²) in [6, 6.07) is 3.91. The van der Waals surface area contributed by atoms with Gasteiger partial charge in [-0.25, -0.2) is 9.78 Å². The van der Waals surface area contributed by atoms with E-state index in [2.05, 4.69) is 9.97 Å². The van der Waals surface area contributed by atoms with Gasteiger partial charge >= 0.3 is 5.97 Å². The standard InChI is InChI=1S/C14H18N4O2/c1-3-20-14(19)12-13(15)18(10(2)17-12)9-6-11-4-7-16-8-5-11/h4-5,7-8H,3,6,9,15H2,1-2H3. The Morgan fingerprint density at radius 2 is 2.10 bits per heavy atom. The molecule has 6 nitrogen and oxygen atoms in total. The molecule has 2 aromatic rings. The highest BCUT2D eigenvalue weighted by Gasteiger charge is 2.19. The zero-order valence-electron chi connectivity index (χ0n) is 11.7. The van der Waals surface area contributed by atoms with Crippen molar-refractivity contribution >= 4 is 11.8 Å². The van der Waals surface area contributed by atoms with E-state index >= 15 is 0 Å². The fraction of sp³-hybridized carbons (Fsp3) is 0.357. The first kappa shape index (κ1) is 14.0. The Bertz CT molecular complexity index is 593. The van der Waals surface area contributed by atoms with Crippen molar-refractivity contribution in [1.29, 1.82) is 0 Å². The number of anilines is 1. The zero-order chi connectivity index (χ0) is 14.5. The molecule has 0 aromatic carbocycles. The molecule has 0 fully saturated rings. The van der Waals surface area contributed by atoms with E-state index < -0.39 is 5.97 Å². The van der Waals surface area contributed by atoms with Crippen molar-refractivity contribution in [3.63, 3.8) is 0 Å². The molecule has 2 rings (SSSR count). The van der Waals surface area contributed by atoms with Crippen LogP contribution in [0.1, 0.15) is 28.8 Å². The third-order valence-electron chi connectivity index (χ3n) is 3.04. The summed E-state index contributed by atoms with van der Waals surface area (Å²) < 4.78 is 6.76. The van der Waals surface area contributed by atoms with Crippen molar-refractivity contribution < 1.29 is 9.53 Å². The minimum Gasteiger partial charge on any atom is -0.461 e. The molecule has 0 aliphatic rings. The highest BCUT2D eigenvalue weighted by Crippen LogP contribution is 2.16. The number of carbonyl (C=O) groups is 1. The third kappa shape index (κ3) is 2.96. The summed E-state index contributed by atoms with van der Waals surface area (Å²) in [6.07, 6.45) is 4.30. The van der Waals surface area contributed by atoms with E-state index in [1.54, 1.807) is 19.3 Å². The first-order chi connectivity index (χ1) is 9.63. The fourth-order valence-electron chi connectivity index (χ4n) is 2.00. The van der Waals surface area contributed by atoms with Crippen LogP contribution in [0.3, 0.4) is 0 Å². The molecule has 0 atom stereocenters. The number of nitrogens with zero attached hydrogens (tertiary/aromatic N) is 3. The van der Waals surface area contributed by atoms with Crippen molar-refractivity contribution in [1.82, 2.24) is 14.5 Å². The molecule has 2 heterocycles. The number of carbonyl (C=O) groups excluding carboxylic acids is 1. The van der Waals surface area contributed by atoms with E-state index in [-0.39, 0.29) is 5.69 Å².